The molecule has 1 aliphatic rings. The van der Waals surface area contributed by atoms with Crippen molar-refractivity contribution in [3.8, 4) is 5.75 Å². The summed E-state index contributed by atoms with van der Waals surface area (Å²) >= 11 is 0. The first-order chi connectivity index (χ1) is 9.98. The Labute approximate surface area is 123 Å². The van der Waals surface area contributed by atoms with Gasteiger partial charge in [-0.2, -0.15) is 0 Å². The summed E-state index contributed by atoms with van der Waals surface area (Å²) in [6.45, 7) is 1.95. The van der Waals surface area contributed by atoms with Gasteiger partial charge < -0.3 is 10.5 Å². The van der Waals surface area contributed by atoms with Crippen LogP contribution in [0.2, 0.25) is 0 Å². The van der Waals surface area contributed by atoms with Crippen LogP contribution in [-0.4, -0.2) is 15.0 Å². The Balaban J connectivity index is 1.88. The van der Waals surface area contributed by atoms with Gasteiger partial charge in [0.05, 0.1) is 9.80 Å². The molecule has 21 heavy (non-hydrogen) atoms. The zero-order valence-corrected chi connectivity index (χ0v) is 12.4. The molecule has 0 aliphatic carbocycles. The lowest BCUT2D eigenvalue weighted by atomic mass is 10.2. The van der Waals surface area contributed by atoms with Crippen molar-refractivity contribution >= 4 is 21.6 Å². The minimum absolute atomic E-state index is 0.0000926. The first-order valence-corrected chi connectivity index (χ1v) is 8.00. The number of hydrogen-bond acceptors (Lipinski definition) is 4. The van der Waals surface area contributed by atoms with Gasteiger partial charge in [-0.3, -0.25) is 0 Å². The molecule has 0 unspecified atom stereocenters. The highest BCUT2D eigenvalue weighted by molar-refractivity contribution is 7.95. The van der Waals surface area contributed by atoms with E-state index in [1.165, 1.54) is 0 Å². The van der Waals surface area contributed by atoms with E-state index in [2.05, 4.69) is 0 Å². The average Bonchev–Trinajstić information content (AvgIpc) is 2.70. The summed E-state index contributed by atoms with van der Waals surface area (Å²) in [6, 6.07) is 12.4. The van der Waals surface area contributed by atoms with Crippen LogP contribution in [0.3, 0.4) is 0 Å². The van der Waals surface area contributed by atoms with Crippen molar-refractivity contribution in [3.63, 3.8) is 0 Å². The fourth-order valence-corrected chi connectivity index (χ4v) is 3.80. The van der Waals surface area contributed by atoms with Crippen LogP contribution in [0.1, 0.15) is 11.1 Å². The van der Waals surface area contributed by atoms with E-state index in [1.54, 1.807) is 30.3 Å². The van der Waals surface area contributed by atoms with Gasteiger partial charge in [-0.05, 0) is 42.8 Å². The molecule has 5 heteroatoms. The highest BCUT2D eigenvalue weighted by Gasteiger charge is 2.30. The number of sulfone groups is 1. The first-order valence-electron chi connectivity index (χ1n) is 6.52. The Morgan fingerprint density at radius 2 is 1.90 bits per heavy atom. The number of aryl methyl sites for hydroxylation is 1. The maximum absolute atomic E-state index is 12.4. The topological polar surface area (TPSA) is 69.4 Å². The number of ether oxygens (including phenoxy) is 1. The molecule has 0 amide bonds. The molecule has 0 atom stereocenters. The maximum atomic E-state index is 12.4. The lowest BCUT2D eigenvalue weighted by Crippen LogP contribution is -2.09. The largest absolute Gasteiger partial charge is 0.488 e. The van der Waals surface area contributed by atoms with E-state index in [4.69, 9.17) is 10.5 Å². The van der Waals surface area contributed by atoms with E-state index in [-0.39, 0.29) is 16.4 Å². The van der Waals surface area contributed by atoms with Gasteiger partial charge in [0.15, 0.2) is 0 Å². The maximum Gasteiger partial charge on any atom is 0.206 e. The third kappa shape index (κ3) is 2.40. The summed E-state index contributed by atoms with van der Waals surface area (Å²) in [5.41, 5.74) is 7.91. The van der Waals surface area contributed by atoms with E-state index in [1.807, 2.05) is 25.1 Å². The number of nitrogens with two attached hydrogens (primary N) is 1. The van der Waals surface area contributed by atoms with Crippen molar-refractivity contribution in [2.75, 3.05) is 12.3 Å². The van der Waals surface area contributed by atoms with Crippen LogP contribution in [0.5, 0.6) is 5.75 Å². The zero-order chi connectivity index (χ0) is 15.0. The third-order valence-electron chi connectivity index (χ3n) is 3.41. The molecule has 0 aromatic heterocycles. The molecule has 2 aromatic carbocycles. The summed E-state index contributed by atoms with van der Waals surface area (Å²) in [5, 5.41) is 0. The molecule has 0 bridgehead atoms. The first kappa shape index (κ1) is 13.7. The second-order valence-electron chi connectivity index (χ2n) is 4.98. The van der Waals surface area contributed by atoms with Gasteiger partial charge in [0, 0.05) is 11.3 Å². The van der Waals surface area contributed by atoms with Gasteiger partial charge in [0.25, 0.3) is 0 Å². The Bertz CT molecular complexity index is 838. The van der Waals surface area contributed by atoms with Crippen molar-refractivity contribution < 1.29 is 13.2 Å². The van der Waals surface area contributed by atoms with E-state index in [0.717, 1.165) is 5.56 Å². The van der Waals surface area contributed by atoms with E-state index in [0.29, 0.717) is 17.0 Å². The second kappa shape index (κ2) is 4.93. The highest BCUT2D eigenvalue weighted by Crippen LogP contribution is 2.36. The van der Waals surface area contributed by atoms with Gasteiger partial charge in [-0.15, -0.1) is 0 Å². The Hall–Kier alpha value is -2.27. The summed E-state index contributed by atoms with van der Waals surface area (Å²) in [4.78, 5) is 0.488. The molecule has 0 saturated carbocycles. The van der Waals surface area contributed by atoms with Gasteiger partial charge in [-0.25, -0.2) is 8.42 Å². The molecular weight excluding hydrogens is 286 g/mol. The fourth-order valence-electron chi connectivity index (χ4n) is 2.31. The van der Waals surface area contributed by atoms with Crippen molar-refractivity contribution in [1.82, 2.24) is 0 Å². The highest BCUT2D eigenvalue weighted by atomic mass is 32.2. The van der Waals surface area contributed by atoms with Crippen LogP contribution in [0, 0.1) is 6.92 Å². The molecular formula is C16H15NO3S. The minimum atomic E-state index is -3.49. The van der Waals surface area contributed by atoms with Gasteiger partial charge in [0.1, 0.15) is 12.4 Å². The van der Waals surface area contributed by atoms with Gasteiger partial charge >= 0.3 is 0 Å². The van der Waals surface area contributed by atoms with Crippen molar-refractivity contribution in [2.45, 2.75) is 11.8 Å². The minimum Gasteiger partial charge on any atom is -0.488 e. The molecule has 4 nitrogen and oxygen atoms in total. The molecule has 0 fully saturated rings. The quantitative estimate of drug-likeness (QED) is 0.885. The summed E-state index contributed by atoms with van der Waals surface area (Å²) in [5.74, 6) is 0.648. The standard InChI is InChI=1S/C16H15NO3S/c1-11-4-2-5-12(8-11)20-10-13-9-14-15(17)6-3-7-16(14)21(13,18)19/h2-9H,10,17H2,1H3. The Kier molecular flexibility index (Phi) is 3.22. The molecule has 1 heterocycles. The number of fused-ring (bicyclic) bond motifs is 1. The van der Waals surface area contributed by atoms with Gasteiger partial charge in [0.2, 0.25) is 9.84 Å². The van der Waals surface area contributed by atoms with Crippen molar-refractivity contribution in [1.29, 1.82) is 0 Å². The van der Waals surface area contributed by atoms with Crippen LogP contribution in [0.15, 0.2) is 52.3 Å². The molecule has 0 spiro atoms. The lowest BCUT2D eigenvalue weighted by Gasteiger charge is -2.08. The molecule has 3 rings (SSSR count). The SMILES string of the molecule is Cc1cccc(OCC2=Cc3c(N)cccc3S2(=O)=O)c1. The predicted octanol–water partition coefficient (Wildman–Crippen LogP) is 2.78. The summed E-state index contributed by atoms with van der Waals surface area (Å²) in [7, 11) is -3.49. The van der Waals surface area contributed by atoms with Crippen LogP contribution < -0.4 is 10.5 Å². The lowest BCUT2D eigenvalue weighted by molar-refractivity contribution is 0.359. The Morgan fingerprint density at radius 3 is 2.62 bits per heavy atom. The molecule has 2 aromatic rings. The second-order valence-corrected chi connectivity index (χ2v) is 6.95. The van der Waals surface area contributed by atoms with Crippen LogP contribution in [-0.2, 0) is 9.84 Å². The van der Waals surface area contributed by atoms with E-state index >= 15 is 0 Å². The number of nitrogen functional groups attached to an aromatic ring is 1. The van der Waals surface area contributed by atoms with Crippen LogP contribution in [0.4, 0.5) is 5.69 Å². The molecule has 108 valence electrons. The number of benzene rings is 2. The summed E-state index contributed by atoms with van der Waals surface area (Å²) in [6.07, 6.45) is 1.59. The average molecular weight is 301 g/mol. The van der Waals surface area contributed by atoms with Crippen LogP contribution in [0.25, 0.3) is 6.08 Å². The number of hydrogen-bond donors (Lipinski definition) is 1. The summed E-state index contributed by atoms with van der Waals surface area (Å²) < 4.78 is 30.4. The third-order valence-corrected chi connectivity index (χ3v) is 5.27. The van der Waals surface area contributed by atoms with Crippen molar-refractivity contribution in [3.05, 3.63) is 58.5 Å². The Morgan fingerprint density at radius 1 is 1.14 bits per heavy atom. The predicted molar refractivity (Wildman–Crippen MR) is 82.7 cm³/mol. The molecule has 0 radical (unpaired) electrons. The van der Waals surface area contributed by atoms with E-state index < -0.39 is 9.84 Å². The molecule has 2 N–H and O–H groups in total. The molecule has 0 saturated heterocycles. The fraction of sp³-hybridized carbons (Fsp3) is 0.125. The van der Waals surface area contributed by atoms with Gasteiger partial charge in [-0.1, -0.05) is 18.2 Å². The van der Waals surface area contributed by atoms with E-state index in [9.17, 15) is 8.42 Å². The van der Waals surface area contributed by atoms with Crippen molar-refractivity contribution in [2.24, 2.45) is 0 Å². The normalized spacial score (nSPS) is 15.4. The molecule has 1 aliphatic heterocycles. The number of anilines is 1. The number of rotatable bonds is 3. The monoisotopic (exact) mass is 301 g/mol. The van der Waals surface area contributed by atoms with Crippen LogP contribution >= 0.6 is 0 Å². The smallest absolute Gasteiger partial charge is 0.206 e. The zero-order valence-electron chi connectivity index (χ0n) is 11.5.